The number of hydrogen-bond donors (Lipinski definition) is 1. The van der Waals surface area contributed by atoms with Gasteiger partial charge in [-0.05, 0) is 51.3 Å². The van der Waals surface area contributed by atoms with Crippen molar-refractivity contribution >= 4 is 11.8 Å². The van der Waals surface area contributed by atoms with Gasteiger partial charge in [-0.25, -0.2) is 4.79 Å². The van der Waals surface area contributed by atoms with Gasteiger partial charge in [0.1, 0.15) is 5.60 Å². The van der Waals surface area contributed by atoms with Gasteiger partial charge in [-0.1, -0.05) is 6.07 Å². The smallest absolute Gasteiger partial charge is 0.416 e. The Hall–Kier alpha value is -1.92. The van der Waals surface area contributed by atoms with Crippen LogP contribution in [0.5, 0.6) is 0 Å². The number of anilines is 1. The molecule has 1 aromatic rings. The fourth-order valence-corrected chi connectivity index (χ4v) is 2.74. The number of ether oxygens (including phenoxy) is 1. The Bertz CT molecular complexity index is 594. The SMILES string of the molecule is CC(C)(C)OC(=O)N1CCCC1c1ccc(N)cc1C(F)(F)F. The molecule has 0 bridgehead atoms. The van der Waals surface area contributed by atoms with Crippen molar-refractivity contribution in [2.24, 2.45) is 0 Å². The van der Waals surface area contributed by atoms with Crippen molar-refractivity contribution in [3.05, 3.63) is 29.3 Å². The van der Waals surface area contributed by atoms with Gasteiger partial charge >= 0.3 is 12.3 Å². The van der Waals surface area contributed by atoms with Crippen LogP contribution >= 0.6 is 0 Å². The van der Waals surface area contributed by atoms with Crippen molar-refractivity contribution in [3.63, 3.8) is 0 Å². The molecule has 4 nitrogen and oxygen atoms in total. The van der Waals surface area contributed by atoms with E-state index in [4.69, 9.17) is 10.5 Å². The number of nitrogens with two attached hydrogens (primary N) is 1. The maximum atomic E-state index is 13.3. The average molecular weight is 330 g/mol. The average Bonchev–Trinajstić information content (AvgIpc) is 2.84. The van der Waals surface area contributed by atoms with E-state index in [1.807, 2.05) is 0 Å². The molecule has 0 aliphatic carbocycles. The topological polar surface area (TPSA) is 55.6 Å². The summed E-state index contributed by atoms with van der Waals surface area (Å²) in [5.74, 6) is 0. The lowest BCUT2D eigenvalue weighted by molar-refractivity contribution is -0.138. The molecule has 0 radical (unpaired) electrons. The second-order valence-electron chi connectivity index (χ2n) is 6.68. The molecule has 1 aliphatic rings. The summed E-state index contributed by atoms with van der Waals surface area (Å²) in [6.45, 7) is 5.54. The van der Waals surface area contributed by atoms with Gasteiger partial charge in [0.15, 0.2) is 0 Å². The first kappa shape index (κ1) is 17.4. The van der Waals surface area contributed by atoms with Crippen LogP contribution in [0.4, 0.5) is 23.7 Å². The molecular formula is C16H21F3N2O2. The van der Waals surface area contributed by atoms with Gasteiger partial charge in [0, 0.05) is 12.2 Å². The molecule has 128 valence electrons. The van der Waals surface area contributed by atoms with Crippen LogP contribution in [0.15, 0.2) is 18.2 Å². The summed E-state index contributed by atoms with van der Waals surface area (Å²) in [7, 11) is 0. The van der Waals surface area contributed by atoms with E-state index >= 15 is 0 Å². The fraction of sp³-hybridized carbons (Fsp3) is 0.562. The minimum Gasteiger partial charge on any atom is -0.444 e. The van der Waals surface area contributed by atoms with Crippen LogP contribution in [0.1, 0.15) is 50.8 Å². The van der Waals surface area contributed by atoms with Gasteiger partial charge < -0.3 is 15.4 Å². The van der Waals surface area contributed by atoms with Crippen LogP contribution in [-0.2, 0) is 10.9 Å². The Morgan fingerprint density at radius 2 is 1.96 bits per heavy atom. The number of carbonyl (C=O) groups excluding carboxylic acids is 1. The first-order valence-electron chi connectivity index (χ1n) is 7.45. The summed E-state index contributed by atoms with van der Waals surface area (Å²) in [5, 5.41) is 0. The Morgan fingerprint density at radius 1 is 1.30 bits per heavy atom. The van der Waals surface area contributed by atoms with Crippen LogP contribution in [-0.4, -0.2) is 23.1 Å². The normalized spacial score (nSPS) is 19.0. The first-order valence-corrected chi connectivity index (χ1v) is 7.45. The number of alkyl halides is 3. The van der Waals surface area contributed by atoms with Crippen molar-refractivity contribution in [1.82, 2.24) is 4.90 Å². The van der Waals surface area contributed by atoms with Gasteiger partial charge in [0.2, 0.25) is 0 Å². The van der Waals surface area contributed by atoms with Crippen LogP contribution in [0, 0.1) is 0 Å². The number of benzene rings is 1. The summed E-state index contributed by atoms with van der Waals surface area (Å²) in [4.78, 5) is 13.6. The maximum absolute atomic E-state index is 13.3. The number of carbonyl (C=O) groups is 1. The molecule has 1 aliphatic heterocycles. The zero-order valence-electron chi connectivity index (χ0n) is 13.4. The lowest BCUT2D eigenvalue weighted by atomic mass is 9.97. The Labute approximate surface area is 133 Å². The molecule has 2 rings (SSSR count). The van der Waals surface area contributed by atoms with Crippen LogP contribution in [0.3, 0.4) is 0 Å². The zero-order chi connectivity index (χ0) is 17.4. The maximum Gasteiger partial charge on any atom is 0.416 e. The predicted octanol–water partition coefficient (Wildman–Crippen LogP) is 4.36. The first-order chi connectivity index (χ1) is 10.5. The van der Waals surface area contributed by atoms with E-state index in [0.717, 1.165) is 6.07 Å². The third-order valence-corrected chi connectivity index (χ3v) is 3.62. The number of amides is 1. The molecule has 1 saturated heterocycles. The molecular weight excluding hydrogens is 309 g/mol. The molecule has 2 N–H and O–H groups in total. The standard InChI is InChI=1S/C16H21F3N2O2/c1-15(2,3)23-14(22)21-8-4-5-13(21)11-7-6-10(20)9-12(11)16(17,18)19/h6-7,9,13H,4-5,8,20H2,1-3H3. The monoisotopic (exact) mass is 330 g/mol. The molecule has 1 atom stereocenters. The van der Waals surface area contributed by atoms with Gasteiger partial charge in [-0.2, -0.15) is 13.2 Å². The molecule has 0 spiro atoms. The van der Waals surface area contributed by atoms with Crippen molar-refractivity contribution in [3.8, 4) is 0 Å². The van der Waals surface area contributed by atoms with Crippen molar-refractivity contribution in [2.45, 2.75) is 51.4 Å². The minimum atomic E-state index is -4.52. The lowest BCUT2D eigenvalue weighted by Crippen LogP contribution is -2.37. The minimum absolute atomic E-state index is 0.0443. The van der Waals surface area contributed by atoms with Gasteiger partial charge in [-0.15, -0.1) is 0 Å². The van der Waals surface area contributed by atoms with Crippen molar-refractivity contribution < 1.29 is 22.7 Å². The van der Waals surface area contributed by atoms with Gasteiger partial charge in [-0.3, -0.25) is 0 Å². The summed E-state index contributed by atoms with van der Waals surface area (Å²) in [6, 6.07) is 3.05. The van der Waals surface area contributed by atoms with Crippen LogP contribution in [0.25, 0.3) is 0 Å². The highest BCUT2D eigenvalue weighted by molar-refractivity contribution is 5.69. The third kappa shape index (κ3) is 4.09. The number of likely N-dealkylation sites (tertiary alicyclic amines) is 1. The van der Waals surface area contributed by atoms with E-state index in [1.165, 1.54) is 17.0 Å². The number of nitrogens with zero attached hydrogens (tertiary/aromatic N) is 1. The molecule has 0 aromatic heterocycles. The molecule has 1 aromatic carbocycles. The summed E-state index contributed by atoms with van der Waals surface area (Å²) in [5.41, 5.74) is 4.11. The molecule has 1 amide bonds. The van der Waals surface area contributed by atoms with E-state index < -0.39 is 29.5 Å². The molecule has 0 saturated carbocycles. The molecule has 1 unspecified atom stereocenters. The zero-order valence-corrected chi connectivity index (χ0v) is 13.4. The van der Waals surface area contributed by atoms with Gasteiger partial charge in [0.05, 0.1) is 11.6 Å². The van der Waals surface area contributed by atoms with Gasteiger partial charge in [0.25, 0.3) is 0 Å². The van der Waals surface area contributed by atoms with E-state index in [-0.39, 0.29) is 11.3 Å². The summed E-state index contributed by atoms with van der Waals surface area (Å²) >= 11 is 0. The molecule has 7 heteroatoms. The van der Waals surface area contributed by atoms with E-state index in [1.54, 1.807) is 20.8 Å². The molecule has 1 fully saturated rings. The number of rotatable bonds is 1. The largest absolute Gasteiger partial charge is 0.444 e. The van der Waals surface area contributed by atoms with Crippen LogP contribution in [0.2, 0.25) is 0 Å². The highest BCUT2D eigenvalue weighted by atomic mass is 19.4. The second-order valence-corrected chi connectivity index (χ2v) is 6.68. The van der Waals surface area contributed by atoms with Crippen molar-refractivity contribution in [2.75, 3.05) is 12.3 Å². The van der Waals surface area contributed by atoms with Crippen LogP contribution < -0.4 is 5.73 Å². The number of halogens is 3. The Balaban J connectivity index is 2.36. The highest BCUT2D eigenvalue weighted by Crippen LogP contribution is 2.41. The molecule has 1 heterocycles. The lowest BCUT2D eigenvalue weighted by Gasteiger charge is -2.30. The number of nitrogen functional groups attached to an aromatic ring is 1. The summed E-state index contributed by atoms with van der Waals surface area (Å²) in [6.07, 6.45) is -4.02. The summed E-state index contributed by atoms with van der Waals surface area (Å²) < 4.78 is 45.2. The van der Waals surface area contributed by atoms with Crippen molar-refractivity contribution in [1.29, 1.82) is 0 Å². The second kappa shape index (κ2) is 5.94. The highest BCUT2D eigenvalue weighted by Gasteiger charge is 2.40. The van der Waals surface area contributed by atoms with E-state index in [0.29, 0.717) is 19.4 Å². The number of hydrogen-bond acceptors (Lipinski definition) is 3. The van der Waals surface area contributed by atoms with E-state index in [2.05, 4.69) is 0 Å². The fourth-order valence-electron chi connectivity index (χ4n) is 2.74. The third-order valence-electron chi connectivity index (χ3n) is 3.62. The molecule has 23 heavy (non-hydrogen) atoms. The Morgan fingerprint density at radius 3 is 2.52 bits per heavy atom. The van der Waals surface area contributed by atoms with E-state index in [9.17, 15) is 18.0 Å². The quantitative estimate of drug-likeness (QED) is 0.778. The Kier molecular flexibility index (Phi) is 4.50. The predicted molar refractivity (Wildman–Crippen MR) is 80.8 cm³/mol.